The maximum Gasteiger partial charge on any atom is 0.267 e. The lowest BCUT2D eigenvalue weighted by atomic mass is 10.0. The number of anilines is 1. The first-order valence-corrected chi connectivity index (χ1v) is 14.1. The second-order valence-electron chi connectivity index (χ2n) is 9.43. The number of carbonyl (C=O) groups excluding carboxylic acids is 1. The topological polar surface area (TPSA) is 76.5 Å². The minimum atomic E-state index is -0.150. The summed E-state index contributed by atoms with van der Waals surface area (Å²) < 4.78 is 6.94. The number of rotatable bonds is 7. The van der Waals surface area contributed by atoms with E-state index < -0.39 is 0 Å². The number of aryl methyl sites for hydroxylation is 1. The zero-order valence-corrected chi connectivity index (χ0v) is 23.0. The van der Waals surface area contributed by atoms with Crippen molar-refractivity contribution in [3.8, 4) is 11.4 Å². The Morgan fingerprint density at radius 1 is 1.16 bits per heavy atom. The molecule has 0 bridgehead atoms. The van der Waals surface area contributed by atoms with Crippen molar-refractivity contribution in [1.29, 1.82) is 0 Å². The number of carbonyl (C=O) groups is 1. The van der Waals surface area contributed by atoms with Crippen molar-refractivity contribution < 1.29 is 9.53 Å². The smallest absolute Gasteiger partial charge is 0.267 e. The minimum absolute atomic E-state index is 0.0906. The van der Waals surface area contributed by atoms with Crippen molar-refractivity contribution in [2.75, 3.05) is 24.7 Å². The van der Waals surface area contributed by atoms with Gasteiger partial charge in [0.05, 0.1) is 23.9 Å². The number of hydrogen-bond acceptors (Lipinski definition) is 7. The molecule has 9 heteroatoms. The van der Waals surface area contributed by atoms with Crippen LogP contribution in [0.15, 0.2) is 58.5 Å². The van der Waals surface area contributed by atoms with Crippen LogP contribution in [-0.4, -0.2) is 45.8 Å². The van der Waals surface area contributed by atoms with Gasteiger partial charge in [-0.05, 0) is 69.2 Å². The number of fused-ring (bicyclic) bond motifs is 3. The Balaban J connectivity index is 1.52. The van der Waals surface area contributed by atoms with E-state index in [1.165, 1.54) is 16.6 Å². The molecule has 0 saturated heterocycles. The first-order chi connectivity index (χ1) is 17.8. The number of thiophene rings is 1. The molecule has 0 spiro atoms. The van der Waals surface area contributed by atoms with Crippen LogP contribution < -0.4 is 15.6 Å². The van der Waals surface area contributed by atoms with Crippen LogP contribution in [-0.2, 0) is 17.8 Å². The van der Waals surface area contributed by atoms with Crippen molar-refractivity contribution in [2.45, 2.75) is 44.9 Å². The highest BCUT2D eigenvalue weighted by Gasteiger charge is 2.26. The fourth-order valence-corrected chi connectivity index (χ4v) is 6.60. The van der Waals surface area contributed by atoms with Crippen LogP contribution in [0.25, 0.3) is 15.9 Å². The molecule has 5 rings (SSSR count). The lowest BCUT2D eigenvalue weighted by molar-refractivity contribution is -0.113. The van der Waals surface area contributed by atoms with E-state index in [4.69, 9.17) is 9.72 Å². The van der Waals surface area contributed by atoms with E-state index >= 15 is 0 Å². The molecule has 0 atom stereocenters. The molecule has 1 amide bonds. The maximum absolute atomic E-state index is 14.0. The summed E-state index contributed by atoms with van der Waals surface area (Å²) in [5.41, 5.74) is 3.59. The molecule has 192 valence electrons. The third-order valence-corrected chi connectivity index (χ3v) is 8.65. The van der Waals surface area contributed by atoms with Crippen LogP contribution in [0.1, 0.15) is 29.9 Å². The standard InChI is InChI=1S/C28H30N4O3S2/c1-17(2)31-14-13-22-23(15-31)37-26-25(22)27(34)32(20-9-11-21(35-4)12-10-20)28(30-26)36-16-24(33)29-19-7-5-18(3)6-8-19/h5-12,17H,13-16H2,1-4H3,(H,29,33). The first kappa shape index (κ1) is 25.5. The zero-order chi connectivity index (χ0) is 26.1. The third kappa shape index (κ3) is 5.30. The van der Waals surface area contributed by atoms with Crippen LogP contribution in [0.4, 0.5) is 5.69 Å². The van der Waals surface area contributed by atoms with Gasteiger partial charge in [-0.1, -0.05) is 29.5 Å². The Labute approximate surface area is 224 Å². The second kappa shape index (κ2) is 10.7. The number of ether oxygens (including phenoxy) is 1. The molecule has 0 unspecified atom stereocenters. The van der Waals surface area contributed by atoms with Crippen molar-refractivity contribution in [2.24, 2.45) is 0 Å². The highest BCUT2D eigenvalue weighted by atomic mass is 32.2. The highest BCUT2D eigenvalue weighted by Crippen LogP contribution is 2.35. The molecule has 0 saturated carbocycles. The van der Waals surface area contributed by atoms with E-state index in [9.17, 15) is 9.59 Å². The zero-order valence-electron chi connectivity index (χ0n) is 21.4. The van der Waals surface area contributed by atoms with Gasteiger partial charge in [0.1, 0.15) is 10.6 Å². The summed E-state index contributed by atoms with van der Waals surface area (Å²) in [6, 6.07) is 15.5. The maximum atomic E-state index is 14.0. The summed E-state index contributed by atoms with van der Waals surface area (Å²) in [5.74, 6) is 0.690. The van der Waals surface area contributed by atoms with E-state index in [0.29, 0.717) is 28.0 Å². The number of hydrogen-bond donors (Lipinski definition) is 1. The Kier molecular flexibility index (Phi) is 7.37. The number of aromatic nitrogens is 2. The lowest BCUT2D eigenvalue weighted by Crippen LogP contribution is -2.35. The molecule has 0 fully saturated rings. The summed E-state index contributed by atoms with van der Waals surface area (Å²) in [6.45, 7) is 8.16. The molecule has 2 aromatic carbocycles. The summed E-state index contributed by atoms with van der Waals surface area (Å²) >= 11 is 2.86. The molecule has 0 radical (unpaired) electrons. The van der Waals surface area contributed by atoms with Gasteiger partial charge in [-0.15, -0.1) is 11.3 Å². The van der Waals surface area contributed by atoms with E-state index in [-0.39, 0.29) is 17.2 Å². The number of nitrogens with zero attached hydrogens (tertiary/aromatic N) is 3. The van der Waals surface area contributed by atoms with Gasteiger partial charge >= 0.3 is 0 Å². The van der Waals surface area contributed by atoms with Gasteiger partial charge in [-0.2, -0.15) is 0 Å². The van der Waals surface area contributed by atoms with Crippen molar-refractivity contribution in [1.82, 2.24) is 14.5 Å². The van der Waals surface area contributed by atoms with Crippen LogP contribution in [0, 0.1) is 6.92 Å². The number of thioether (sulfide) groups is 1. The molecule has 1 aliphatic heterocycles. The average molecular weight is 535 g/mol. The quantitative estimate of drug-likeness (QED) is 0.257. The summed E-state index contributed by atoms with van der Waals surface area (Å²) in [6.07, 6.45) is 0.832. The molecule has 4 aromatic rings. The molecular formula is C28H30N4O3S2. The molecule has 37 heavy (non-hydrogen) atoms. The number of methoxy groups -OCH3 is 1. The molecule has 1 aliphatic rings. The third-order valence-electron chi connectivity index (χ3n) is 6.60. The monoisotopic (exact) mass is 534 g/mol. The summed E-state index contributed by atoms with van der Waals surface area (Å²) in [5, 5.41) is 4.13. The van der Waals surface area contributed by atoms with E-state index in [1.54, 1.807) is 23.0 Å². The Morgan fingerprint density at radius 2 is 1.89 bits per heavy atom. The Bertz CT molecular complexity index is 1490. The van der Waals surface area contributed by atoms with Gasteiger partial charge in [0.2, 0.25) is 5.91 Å². The van der Waals surface area contributed by atoms with Gasteiger partial charge in [0.25, 0.3) is 5.56 Å². The van der Waals surface area contributed by atoms with Gasteiger partial charge in [0, 0.05) is 29.7 Å². The predicted molar refractivity (Wildman–Crippen MR) is 152 cm³/mol. The molecule has 1 N–H and O–H groups in total. The number of amides is 1. The largest absolute Gasteiger partial charge is 0.497 e. The average Bonchev–Trinajstić information content (AvgIpc) is 3.27. The van der Waals surface area contributed by atoms with Crippen LogP contribution in [0.2, 0.25) is 0 Å². The van der Waals surface area contributed by atoms with Crippen molar-refractivity contribution in [3.63, 3.8) is 0 Å². The summed E-state index contributed by atoms with van der Waals surface area (Å²) in [7, 11) is 1.61. The van der Waals surface area contributed by atoms with Crippen LogP contribution in [0.5, 0.6) is 5.75 Å². The molecule has 7 nitrogen and oxygen atoms in total. The van der Waals surface area contributed by atoms with Crippen LogP contribution >= 0.6 is 23.1 Å². The minimum Gasteiger partial charge on any atom is -0.497 e. The molecular weight excluding hydrogens is 504 g/mol. The fraction of sp³-hybridized carbons (Fsp3) is 0.321. The van der Waals surface area contributed by atoms with E-state index in [1.807, 2.05) is 55.5 Å². The highest BCUT2D eigenvalue weighted by molar-refractivity contribution is 7.99. The normalized spacial score (nSPS) is 13.6. The second-order valence-corrected chi connectivity index (χ2v) is 11.5. The van der Waals surface area contributed by atoms with E-state index in [2.05, 4.69) is 24.1 Å². The van der Waals surface area contributed by atoms with Gasteiger partial charge in [-0.25, -0.2) is 4.98 Å². The Hall–Kier alpha value is -3.14. The molecule has 3 heterocycles. The molecule has 0 aliphatic carbocycles. The first-order valence-electron chi connectivity index (χ1n) is 12.3. The Morgan fingerprint density at radius 3 is 2.57 bits per heavy atom. The van der Waals surface area contributed by atoms with Crippen molar-refractivity contribution >= 4 is 44.9 Å². The SMILES string of the molecule is COc1ccc(-n2c(SCC(=O)Nc3ccc(C)cc3)nc3sc4c(c3c2=O)CCN(C(C)C)C4)cc1. The number of benzene rings is 2. The lowest BCUT2D eigenvalue weighted by Gasteiger charge is -2.30. The van der Waals surface area contributed by atoms with E-state index in [0.717, 1.165) is 41.2 Å². The predicted octanol–water partition coefficient (Wildman–Crippen LogP) is 5.26. The van der Waals surface area contributed by atoms with Crippen molar-refractivity contribution in [3.05, 3.63) is 74.9 Å². The van der Waals surface area contributed by atoms with Crippen LogP contribution in [0.3, 0.4) is 0 Å². The van der Waals surface area contributed by atoms with Gasteiger partial charge in [-0.3, -0.25) is 19.1 Å². The molecule has 2 aromatic heterocycles. The number of nitrogens with one attached hydrogen (secondary N) is 1. The van der Waals surface area contributed by atoms with Gasteiger partial charge in [0.15, 0.2) is 5.16 Å². The summed E-state index contributed by atoms with van der Waals surface area (Å²) in [4.78, 5) is 36.0. The van der Waals surface area contributed by atoms with Gasteiger partial charge < -0.3 is 10.1 Å². The fourth-order valence-electron chi connectivity index (χ4n) is 4.50.